The predicted octanol–water partition coefficient (Wildman–Crippen LogP) is 1.46. The summed E-state index contributed by atoms with van der Waals surface area (Å²) in [7, 11) is 1.60. The fraction of sp³-hybridized carbons (Fsp3) is 0.450. The third-order valence-corrected chi connectivity index (χ3v) is 5.01. The summed E-state index contributed by atoms with van der Waals surface area (Å²) in [4.78, 5) is 28.5. The minimum absolute atomic E-state index is 0.0836. The van der Waals surface area contributed by atoms with Gasteiger partial charge in [-0.2, -0.15) is 5.10 Å². The molecule has 27 heavy (non-hydrogen) atoms. The number of carbonyl (C=O) groups excluding carboxylic acids is 2. The molecule has 1 aliphatic heterocycles. The van der Waals surface area contributed by atoms with Crippen molar-refractivity contribution in [2.24, 2.45) is 0 Å². The molecular weight excluding hydrogens is 342 g/mol. The van der Waals surface area contributed by atoms with Crippen molar-refractivity contribution in [3.05, 3.63) is 42.2 Å². The summed E-state index contributed by atoms with van der Waals surface area (Å²) in [6.07, 6.45) is 3.56. The second-order valence-electron chi connectivity index (χ2n) is 7.10. The highest BCUT2D eigenvalue weighted by Gasteiger charge is 2.23. The number of nitrogens with one attached hydrogen (secondary N) is 1. The number of piperazine rings is 1. The van der Waals surface area contributed by atoms with Gasteiger partial charge in [-0.1, -0.05) is 12.1 Å². The van der Waals surface area contributed by atoms with Gasteiger partial charge in [-0.05, 0) is 31.5 Å². The van der Waals surface area contributed by atoms with Gasteiger partial charge in [0.25, 0.3) is 5.91 Å². The van der Waals surface area contributed by atoms with E-state index >= 15 is 0 Å². The largest absolute Gasteiger partial charge is 0.358 e. The summed E-state index contributed by atoms with van der Waals surface area (Å²) in [5, 5.41) is 6.79. The van der Waals surface area contributed by atoms with Gasteiger partial charge in [0.1, 0.15) is 6.54 Å². The van der Waals surface area contributed by atoms with Gasteiger partial charge < -0.3 is 10.2 Å². The Labute approximate surface area is 159 Å². The molecule has 2 heterocycles. The lowest BCUT2D eigenvalue weighted by Crippen LogP contribution is -2.50. The van der Waals surface area contributed by atoms with Crippen molar-refractivity contribution >= 4 is 11.8 Å². The van der Waals surface area contributed by atoms with E-state index in [9.17, 15) is 9.59 Å². The molecule has 1 aliphatic rings. The fourth-order valence-corrected chi connectivity index (χ4v) is 3.25. The first-order valence-corrected chi connectivity index (χ1v) is 9.34. The quantitative estimate of drug-likeness (QED) is 0.866. The Morgan fingerprint density at radius 1 is 1.07 bits per heavy atom. The third-order valence-electron chi connectivity index (χ3n) is 5.01. The molecule has 7 nitrogen and oxygen atoms in total. The second kappa shape index (κ2) is 8.35. The zero-order valence-corrected chi connectivity index (χ0v) is 16.2. The van der Waals surface area contributed by atoms with Gasteiger partial charge in [0.15, 0.2) is 0 Å². The number of aromatic nitrogens is 2. The molecule has 1 saturated heterocycles. The standard InChI is InChI=1S/C20H27N5O2/c1-15(2)23-8-10-24(11-9-23)20(27)17-6-4-16(5-7-17)18-12-22-25(13-18)14-19(26)21-3/h4-7,12-13,15H,8-11,14H2,1-3H3,(H,21,26). The summed E-state index contributed by atoms with van der Waals surface area (Å²) >= 11 is 0. The number of likely N-dealkylation sites (N-methyl/N-ethyl adjacent to an activating group) is 1. The van der Waals surface area contributed by atoms with E-state index in [0.29, 0.717) is 11.6 Å². The molecule has 3 rings (SSSR count). The van der Waals surface area contributed by atoms with Gasteiger partial charge >= 0.3 is 0 Å². The van der Waals surface area contributed by atoms with Gasteiger partial charge in [0.2, 0.25) is 5.91 Å². The van der Waals surface area contributed by atoms with Crippen LogP contribution >= 0.6 is 0 Å². The smallest absolute Gasteiger partial charge is 0.253 e. The predicted molar refractivity (Wildman–Crippen MR) is 104 cm³/mol. The molecule has 1 fully saturated rings. The van der Waals surface area contributed by atoms with Crippen LogP contribution < -0.4 is 5.32 Å². The Balaban J connectivity index is 1.63. The lowest BCUT2D eigenvalue weighted by Gasteiger charge is -2.37. The van der Waals surface area contributed by atoms with Crippen LogP contribution in [0.4, 0.5) is 0 Å². The average molecular weight is 369 g/mol. The molecule has 0 aliphatic carbocycles. The zero-order valence-electron chi connectivity index (χ0n) is 16.2. The monoisotopic (exact) mass is 369 g/mol. The van der Waals surface area contributed by atoms with Crippen molar-refractivity contribution in [1.29, 1.82) is 0 Å². The van der Waals surface area contributed by atoms with Crippen molar-refractivity contribution in [3.63, 3.8) is 0 Å². The Kier molecular flexibility index (Phi) is 5.91. The number of nitrogens with zero attached hydrogens (tertiary/aromatic N) is 4. The van der Waals surface area contributed by atoms with Crippen LogP contribution in [-0.4, -0.2) is 70.7 Å². The molecule has 0 unspecified atom stereocenters. The Hall–Kier alpha value is -2.67. The Morgan fingerprint density at radius 2 is 1.74 bits per heavy atom. The summed E-state index contributed by atoms with van der Waals surface area (Å²) in [6.45, 7) is 7.95. The number of amides is 2. The molecule has 0 atom stereocenters. The lowest BCUT2D eigenvalue weighted by atomic mass is 10.1. The van der Waals surface area contributed by atoms with Crippen LogP contribution in [0, 0.1) is 0 Å². The van der Waals surface area contributed by atoms with E-state index in [0.717, 1.165) is 37.3 Å². The topological polar surface area (TPSA) is 70.5 Å². The summed E-state index contributed by atoms with van der Waals surface area (Å²) in [5.74, 6) is -0.0107. The molecule has 2 amide bonds. The molecule has 7 heteroatoms. The molecule has 0 radical (unpaired) electrons. The van der Waals surface area contributed by atoms with E-state index in [1.807, 2.05) is 35.4 Å². The lowest BCUT2D eigenvalue weighted by molar-refractivity contribution is -0.121. The molecule has 0 saturated carbocycles. The van der Waals surface area contributed by atoms with Crippen LogP contribution in [0.25, 0.3) is 11.1 Å². The molecule has 0 spiro atoms. The van der Waals surface area contributed by atoms with Crippen molar-refractivity contribution in [2.75, 3.05) is 33.2 Å². The SMILES string of the molecule is CNC(=O)Cn1cc(-c2ccc(C(=O)N3CCN(C(C)C)CC3)cc2)cn1. The van der Waals surface area contributed by atoms with Crippen LogP contribution in [0.15, 0.2) is 36.7 Å². The Bertz CT molecular complexity index is 789. The summed E-state index contributed by atoms with van der Waals surface area (Å²) in [5.41, 5.74) is 2.59. The van der Waals surface area contributed by atoms with Crippen LogP contribution in [0.2, 0.25) is 0 Å². The van der Waals surface area contributed by atoms with E-state index in [2.05, 4.69) is 29.2 Å². The van der Waals surface area contributed by atoms with Crippen LogP contribution in [0.3, 0.4) is 0 Å². The molecule has 1 N–H and O–H groups in total. The highest BCUT2D eigenvalue weighted by Crippen LogP contribution is 2.20. The van der Waals surface area contributed by atoms with Crippen LogP contribution in [0.1, 0.15) is 24.2 Å². The molecule has 1 aromatic carbocycles. The fourth-order valence-electron chi connectivity index (χ4n) is 3.25. The van der Waals surface area contributed by atoms with Gasteiger partial charge in [0.05, 0.1) is 6.20 Å². The van der Waals surface area contributed by atoms with E-state index < -0.39 is 0 Å². The summed E-state index contributed by atoms with van der Waals surface area (Å²) < 4.78 is 1.60. The number of benzene rings is 1. The van der Waals surface area contributed by atoms with Gasteiger partial charge in [-0.3, -0.25) is 19.2 Å². The maximum absolute atomic E-state index is 12.7. The number of rotatable bonds is 5. The van der Waals surface area contributed by atoms with E-state index in [1.165, 1.54) is 0 Å². The highest BCUT2D eigenvalue weighted by atomic mass is 16.2. The van der Waals surface area contributed by atoms with E-state index in [4.69, 9.17) is 0 Å². The maximum Gasteiger partial charge on any atom is 0.253 e. The normalized spacial score (nSPS) is 15.2. The maximum atomic E-state index is 12.7. The van der Waals surface area contributed by atoms with Crippen molar-refractivity contribution in [3.8, 4) is 11.1 Å². The first kappa shape index (κ1) is 19.1. The number of hydrogen-bond acceptors (Lipinski definition) is 4. The molecule has 144 valence electrons. The van der Waals surface area contributed by atoms with Gasteiger partial charge in [-0.25, -0.2) is 0 Å². The molecule has 0 bridgehead atoms. The minimum atomic E-state index is -0.0943. The molecular formula is C20H27N5O2. The second-order valence-corrected chi connectivity index (χ2v) is 7.10. The van der Waals surface area contributed by atoms with Crippen LogP contribution in [0.5, 0.6) is 0 Å². The minimum Gasteiger partial charge on any atom is -0.358 e. The van der Waals surface area contributed by atoms with E-state index in [-0.39, 0.29) is 18.4 Å². The van der Waals surface area contributed by atoms with E-state index in [1.54, 1.807) is 17.9 Å². The summed E-state index contributed by atoms with van der Waals surface area (Å²) in [6, 6.07) is 8.11. The first-order valence-electron chi connectivity index (χ1n) is 9.34. The number of hydrogen-bond donors (Lipinski definition) is 1. The Morgan fingerprint density at radius 3 is 2.33 bits per heavy atom. The highest BCUT2D eigenvalue weighted by molar-refractivity contribution is 5.94. The van der Waals surface area contributed by atoms with Crippen molar-refractivity contribution < 1.29 is 9.59 Å². The van der Waals surface area contributed by atoms with Crippen LogP contribution in [-0.2, 0) is 11.3 Å². The third kappa shape index (κ3) is 4.54. The number of carbonyl (C=O) groups is 2. The zero-order chi connectivity index (χ0) is 19.4. The molecule has 2 aromatic rings. The average Bonchev–Trinajstić information content (AvgIpc) is 3.16. The van der Waals surface area contributed by atoms with Gasteiger partial charge in [-0.15, -0.1) is 0 Å². The molecule has 1 aromatic heterocycles. The first-order chi connectivity index (χ1) is 13.0. The van der Waals surface area contributed by atoms with Gasteiger partial charge in [0, 0.05) is 56.6 Å². The van der Waals surface area contributed by atoms with Crippen molar-refractivity contribution in [2.45, 2.75) is 26.4 Å². The van der Waals surface area contributed by atoms with Crippen molar-refractivity contribution in [1.82, 2.24) is 24.9 Å².